The number of nitrogens with zero attached hydrogens (tertiary/aromatic N) is 1. The molecule has 4 heteroatoms. The van der Waals surface area contributed by atoms with Crippen LogP contribution in [0, 0.1) is 0 Å². The fourth-order valence-corrected chi connectivity index (χ4v) is 5.54. The molecule has 0 radical (unpaired) electrons. The molecule has 208 valence electrons. The molecule has 4 nitrogen and oxygen atoms in total. The number of nitrogens with one attached hydrogen (secondary N) is 1. The van der Waals surface area contributed by atoms with Crippen molar-refractivity contribution in [3.05, 3.63) is 168 Å². The number of carbonyl (C=O) groups is 1. The van der Waals surface area contributed by atoms with Gasteiger partial charge >= 0.3 is 0 Å². The Morgan fingerprint density at radius 1 is 0.690 bits per heavy atom. The Labute approximate surface area is 247 Å². The van der Waals surface area contributed by atoms with Crippen molar-refractivity contribution >= 4 is 16.8 Å². The summed E-state index contributed by atoms with van der Waals surface area (Å²) in [5.41, 5.74) is 5.78. The van der Waals surface area contributed by atoms with Crippen LogP contribution in [0.15, 0.2) is 146 Å². The van der Waals surface area contributed by atoms with Gasteiger partial charge in [0.2, 0.25) is 5.91 Å². The monoisotopic (exact) mass is 550 g/mol. The van der Waals surface area contributed by atoms with Crippen LogP contribution in [0.4, 0.5) is 0 Å². The van der Waals surface area contributed by atoms with E-state index < -0.39 is 0 Å². The molecule has 0 aliphatic carbocycles. The highest BCUT2D eigenvalue weighted by molar-refractivity contribution is 5.87. The van der Waals surface area contributed by atoms with Gasteiger partial charge in [0.25, 0.3) is 0 Å². The third-order valence-corrected chi connectivity index (χ3v) is 7.60. The molecule has 0 aliphatic rings. The third kappa shape index (κ3) is 6.61. The molecule has 0 bridgehead atoms. The van der Waals surface area contributed by atoms with Gasteiger partial charge in [0.05, 0.1) is 0 Å². The summed E-state index contributed by atoms with van der Waals surface area (Å²) in [5, 5.41) is 4.33. The average molecular weight is 551 g/mol. The number of carbonyl (C=O) groups excluding carboxylic acids is 1. The molecule has 0 spiro atoms. The molecule has 0 saturated carbocycles. The fraction of sp³-hybridized carbons (Fsp3) is 0.132. The molecule has 1 amide bonds. The van der Waals surface area contributed by atoms with E-state index in [0.717, 1.165) is 46.5 Å². The zero-order valence-electron chi connectivity index (χ0n) is 23.5. The molecule has 1 heterocycles. The van der Waals surface area contributed by atoms with E-state index in [1.54, 1.807) is 0 Å². The van der Waals surface area contributed by atoms with Crippen molar-refractivity contribution in [2.45, 2.75) is 25.3 Å². The second-order valence-electron chi connectivity index (χ2n) is 10.5. The Balaban J connectivity index is 1.33. The van der Waals surface area contributed by atoms with E-state index in [-0.39, 0.29) is 11.8 Å². The number of ether oxygens (including phenoxy) is 1. The van der Waals surface area contributed by atoms with Crippen LogP contribution in [0.3, 0.4) is 0 Å². The Hall–Kier alpha value is -5.09. The largest absolute Gasteiger partial charge is 0.457 e. The average Bonchev–Trinajstić information content (AvgIpc) is 3.39. The molecule has 0 fully saturated rings. The summed E-state index contributed by atoms with van der Waals surface area (Å²) in [5.74, 6) is 1.42. The Bertz CT molecular complexity index is 1740. The summed E-state index contributed by atoms with van der Waals surface area (Å²) >= 11 is 0. The molecule has 1 atom stereocenters. The molecule has 0 aliphatic heterocycles. The SMILES string of the molecule is O=C(C[C@@H](c1cccc(Oc2ccccc2)c1)c1cn(Cc2ccccc2)c2ccccc12)NCCc1ccccc1. The van der Waals surface area contributed by atoms with Crippen LogP contribution in [-0.2, 0) is 17.8 Å². The van der Waals surface area contributed by atoms with Crippen LogP contribution in [0.1, 0.15) is 34.6 Å². The van der Waals surface area contributed by atoms with Crippen LogP contribution >= 0.6 is 0 Å². The Morgan fingerprint density at radius 2 is 1.33 bits per heavy atom. The summed E-state index contributed by atoms with van der Waals surface area (Å²) in [7, 11) is 0. The lowest BCUT2D eigenvalue weighted by Gasteiger charge is -2.18. The first-order chi connectivity index (χ1) is 20.7. The predicted octanol–water partition coefficient (Wildman–Crippen LogP) is 8.36. The minimum atomic E-state index is -0.150. The first-order valence-corrected chi connectivity index (χ1v) is 14.5. The lowest BCUT2D eigenvalue weighted by molar-refractivity contribution is -0.121. The first-order valence-electron chi connectivity index (χ1n) is 14.5. The van der Waals surface area contributed by atoms with E-state index in [2.05, 4.69) is 88.9 Å². The van der Waals surface area contributed by atoms with Gasteiger partial charge in [-0.2, -0.15) is 0 Å². The lowest BCUT2D eigenvalue weighted by Crippen LogP contribution is -2.27. The molecule has 1 aromatic heterocycles. The zero-order valence-corrected chi connectivity index (χ0v) is 23.5. The Morgan fingerprint density at radius 3 is 2.10 bits per heavy atom. The van der Waals surface area contributed by atoms with Gasteiger partial charge in [0.1, 0.15) is 11.5 Å². The number of para-hydroxylation sites is 2. The Kier molecular flexibility index (Phi) is 8.42. The van der Waals surface area contributed by atoms with E-state index in [0.29, 0.717) is 13.0 Å². The zero-order chi connectivity index (χ0) is 28.6. The number of hydrogen-bond acceptors (Lipinski definition) is 2. The van der Waals surface area contributed by atoms with Crippen molar-refractivity contribution < 1.29 is 9.53 Å². The van der Waals surface area contributed by atoms with Crippen molar-refractivity contribution in [1.82, 2.24) is 9.88 Å². The molecule has 42 heavy (non-hydrogen) atoms. The van der Waals surface area contributed by atoms with Gasteiger partial charge in [-0.15, -0.1) is 0 Å². The quantitative estimate of drug-likeness (QED) is 0.176. The van der Waals surface area contributed by atoms with E-state index in [9.17, 15) is 4.79 Å². The summed E-state index contributed by atoms with van der Waals surface area (Å²) < 4.78 is 8.49. The molecular formula is C38H34N2O2. The number of hydrogen-bond donors (Lipinski definition) is 1. The van der Waals surface area contributed by atoms with Gasteiger partial charge in [-0.1, -0.05) is 109 Å². The molecule has 1 N–H and O–H groups in total. The number of fused-ring (bicyclic) bond motifs is 1. The summed E-state index contributed by atoms with van der Waals surface area (Å²) in [4.78, 5) is 13.5. The second-order valence-corrected chi connectivity index (χ2v) is 10.5. The van der Waals surface area contributed by atoms with Crippen molar-refractivity contribution in [3.8, 4) is 11.5 Å². The molecule has 6 rings (SSSR count). The number of benzene rings is 5. The normalized spacial score (nSPS) is 11.7. The molecule has 0 saturated heterocycles. The van der Waals surface area contributed by atoms with Gasteiger partial charge in [-0.3, -0.25) is 4.79 Å². The van der Waals surface area contributed by atoms with E-state index in [1.807, 2.05) is 66.7 Å². The molecule has 0 unspecified atom stereocenters. The second kappa shape index (κ2) is 13.0. The predicted molar refractivity (Wildman–Crippen MR) is 170 cm³/mol. The third-order valence-electron chi connectivity index (χ3n) is 7.60. The highest BCUT2D eigenvalue weighted by atomic mass is 16.5. The fourth-order valence-electron chi connectivity index (χ4n) is 5.54. The minimum absolute atomic E-state index is 0.0326. The molecule has 5 aromatic carbocycles. The van der Waals surface area contributed by atoms with Crippen LogP contribution in [0.5, 0.6) is 11.5 Å². The number of rotatable bonds is 11. The van der Waals surface area contributed by atoms with Gasteiger partial charge in [0.15, 0.2) is 0 Å². The maximum atomic E-state index is 13.5. The smallest absolute Gasteiger partial charge is 0.220 e. The van der Waals surface area contributed by atoms with E-state index in [1.165, 1.54) is 11.1 Å². The van der Waals surface area contributed by atoms with Gasteiger partial charge in [0, 0.05) is 42.5 Å². The van der Waals surface area contributed by atoms with E-state index in [4.69, 9.17) is 4.74 Å². The van der Waals surface area contributed by atoms with Crippen molar-refractivity contribution in [1.29, 1.82) is 0 Å². The van der Waals surface area contributed by atoms with Crippen molar-refractivity contribution in [2.24, 2.45) is 0 Å². The van der Waals surface area contributed by atoms with Crippen LogP contribution in [0.25, 0.3) is 10.9 Å². The number of amides is 1. The standard InChI is InChI=1S/C38H34N2O2/c41-38(39-24-23-29-13-4-1-5-14-29)26-35(31-17-12-20-33(25-31)42-32-18-8-3-9-19-32)36-28-40(27-30-15-6-2-7-16-30)37-22-11-10-21-34(36)37/h1-22,25,28,35H,23-24,26-27H2,(H,39,41)/t35-/m0/s1. The summed E-state index contributed by atoms with van der Waals surface area (Å²) in [6.07, 6.45) is 3.36. The first kappa shape index (κ1) is 27.1. The number of aromatic nitrogens is 1. The van der Waals surface area contributed by atoms with Gasteiger partial charge < -0.3 is 14.6 Å². The van der Waals surface area contributed by atoms with Crippen LogP contribution < -0.4 is 10.1 Å². The minimum Gasteiger partial charge on any atom is -0.457 e. The summed E-state index contributed by atoms with van der Waals surface area (Å²) in [6.45, 7) is 1.36. The van der Waals surface area contributed by atoms with Crippen molar-refractivity contribution in [3.63, 3.8) is 0 Å². The maximum Gasteiger partial charge on any atom is 0.220 e. The lowest BCUT2D eigenvalue weighted by atomic mass is 9.88. The van der Waals surface area contributed by atoms with Crippen LogP contribution in [-0.4, -0.2) is 17.0 Å². The molecular weight excluding hydrogens is 516 g/mol. The topological polar surface area (TPSA) is 43.3 Å². The maximum absolute atomic E-state index is 13.5. The van der Waals surface area contributed by atoms with Gasteiger partial charge in [-0.25, -0.2) is 0 Å². The highest BCUT2D eigenvalue weighted by Crippen LogP contribution is 2.37. The van der Waals surface area contributed by atoms with Gasteiger partial charge in [-0.05, 0) is 59.0 Å². The van der Waals surface area contributed by atoms with Crippen molar-refractivity contribution in [2.75, 3.05) is 6.54 Å². The summed E-state index contributed by atoms with van der Waals surface area (Å²) in [6, 6.07) is 47.1. The van der Waals surface area contributed by atoms with Crippen LogP contribution in [0.2, 0.25) is 0 Å². The highest BCUT2D eigenvalue weighted by Gasteiger charge is 2.23. The molecule has 6 aromatic rings. The van der Waals surface area contributed by atoms with E-state index >= 15 is 0 Å².